The number of imide groups is 1. The van der Waals surface area contributed by atoms with E-state index in [1.807, 2.05) is 0 Å². The number of carbonyl (C=O) groups is 2. The molecule has 33 heavy (non-hydrogen) atoms. The fraction of sp³-hybridized carbons (Fsp3) is 0.455. The van der Waals surface area contributed by atoms with E-state index in [0.717, 1.165) is 12.8 Å². The Hall–Kier alpha value is -3.08. The first-order valence-electron chi connectivity index (χ1n) is 10.7. The van der Waals surface area contributed by atoms with Gasteiger partial charge in [0.15, 0.2) is 21.4 Å². The number of carbonyl (C=O) groups excluding carboxylic acids is 2. The Morgan fingerprint density at radius 1 is 1.24 bits per heavy atom. The molecule has 9 nitrogen and oxygen atoms in total. The van der Waals surface area contributed by atoms with Crippen LogP contribution in [0.5, 0.6) is 5.75 Å². The second-order valence-corrected chi connectivity index (χ2v) is 10.7. The molecule has 2 aliphatic rings. The summed E-state index contributed by atoms with van der Waals surface area (Å²) < 4.78 is 45.3. The van der Waals surface area contributed by atoms with E-state index >= 15 is 0 Å². The van der Waals surface area contributed by atoms with Crippen LogP contribution < -0.4 is 10.1 Å². The summed E-state index contributed by atoms with van der Waals surface area (Å²) in [5.41, 5.74) is 1.31. The summed E-state index contributed by atoms with van der Waals surface area (Å²) in [6.45, 7) is 2.20. The summed E-state index contributed by atoms with van der Waals surface area (Å²) in [6.07, 6.45) is 4.96. The molecular weight excluding hydrogens is 451 g/mol. The highest BCUT2D eigenvalue weighted by Crippen LogP contribution is 2.31. The van der Waals surface area contributed by atoms with Crippen LogP contribution in [0, 0.1) is 11.7 Å². The number of sulfone groups is 1. The third-order valence-corrected chi connectivity index (χ3v) is 7.27. The van der Waals surface area contributed by atoms with Gasteiger partial charge >= 0.3 is 6.03 Å². The van der Waals surface area contributed by atoms with Gasteiger partial charge in [-0.2, -0.15) is 0 Å². The summed E-state index contributed by atoms with van der Waals surface area (Å²) in [4.78, 5) is 32.6. The normalized spacial score (nSPS) is 17.2. The van der Waals surface area contributed by atoms with E-state index in [9.17, 15) is 22.4 Å². The van der Waals surface area contributed by atoms with Crippen molar-refractivity contribution in [1.82, 2.24) is 20.2 Å². The predicted molar refractivity (Wildman–Crippen MR) is 117 cm³/mol. The zero-order valence-corrected chi connectivity index (χ0v) is 19.0. The molecular formula is C22H25FN4O5S. The minimum Gasteiger partial charge on any atom is -0.490 e. The molecule has 1 N–H and O–H groups in total. The predicted octanol–water partition coefficient (Wildman–Crippen LogP) is 2.17. The van der Waals surface area contributed by atoms with Crippen LogP contribution in [0.1, 0.15) is 42.6 Å². The molecule has 1 aromatic carbocycles. The standard InChI is InChI=1S/C22H25FN4O5S/c1-14(16-4-5-19(23)20(6-16)32-11-15-2-3-15)12-33(30,31)13-18-8-24-7-17(25-18)9-27-10-21(28)26-22(27)29/h4-8,14-15H,2-3,9-13H2,1H3,(H,26,28,29)/t14-/m0/s1. The van der Waals surface area contributed by atoms with Crippen molar-refractivity contribution in [1.29, 1.82) is 0 Å². The van der Waals surface area contributed by atoms with Gasteiger partial charge in [-0.1, -0.05) is 13.0 Å². The molecule has 1 aromatic heterocycles. The lowest BCUT2D eigenvalue weighted by molar-refractivity contribution is -0.118. The number of rotatable bonds is 10. The molecule has 2 aromatic rings. The fourth-order valence-corrected chi connectivity index (χ4v) is 5.26. The number of aromatic nitrogens is 2. The van der Waals surface area contributed by atoms with E-state index in [2.05, 4.69) is 15.3 Å². The van der Waals surface area contributed by atoms with Gasteiger partial charge in [0.05, 0.1) is 42.2 Å². The largest absolute Gasteiger partial charge is 0.490 e. The average Bonchev–Trinajstić information content (AvgIpc) is 3.51. The van der Waals surface area contributed by atoms with Gasteiger partial charge in [-0.3, -0.25) is 20.1 Å². The quantitative estimate of drug-likeness (QED) is 0.522. The van der Waals surface area contributed by atoms with Crippen LogP contribution in [-0.2, 0) is 26.9 Å². The molecule has 176 valence electrons. The number of halogens is 1. The minimum absolute atomic E-state index is 0.0497. The van der Waals surface area contributed by atoms with Gasteiger partial charge in [-0.15, -0.1) is 0 Å². The van der Waals surface area contributed by atoms with E-state index in [0.29, 0.717) is 23.8 Å². The van der Waals surface area contributed by atoms with Gasteiger partial charge in [-0.05, 0) is 42.4 Å². The molecule has 1 saturated heterocycles. The fourth-order valence-electron chi connectivity index (χ4n) is 3.59. The molecule has 2 heterocycles. The highest BCUT2D eigenvalue weighted by Gasteiger charge is 2.27. The summed E-state index contributed by atoms with van der Waals surface area (Å²) in [6, 6.07) is 3.92. The first-order valence-corrected chi connectivity index (χ1v) is 12.5. The van der Waals surface area contributed by atoms with Crippen LogP contribution in [0.4, 0.5) is 9.18 Å². The van der Waals surface area contributed by atoms with Crippen LogP contribution in [0.15, 0.2) is 30.6 Å². The van der Waals surface area contributed by atoms with Crippen LogP contribution in [-0.4, -0.2) is 54.1 Å². The number of nitrogens with zero attached hydrogens (tertiary/aromatic N) is 3. The lowest BCUT2D eigenvalue weighted by Crippen LogP contribution is -2.28. The number of benzene rings is 1. The van der Waals surface area contributed by atoms with E-state index in [1.54, 1.807) is 19.1 Å². The van der Waals surface area contributed by atoms with E-state index in [1.165, 1.54) is 23.4 Å². The van der Waals surface area contributed by atoms with Gasteiger partial charge in [0.25, 0.3) is 0 Å². The third-order valence-electron chi connectivity index (χ3n) is 5.52. The number of hydrogen-bond donors (Lipinski definition) is 1. The molecule has 3 amide bonds. The molecule has 4 rings (SSSR count). The Morgan fingerprint density at radius 3 is 2.70 bits per heavy atom. The van der Waals surface area contributed by atoms with Crippen molar-refractivity contribution < 1.29 is 27.1 Å². The van der Waals surface area contributed by atoms with Crippen molar-refractivity contribution >= 4 is 21.8 Å². The van der Waals surface area contributed by atoms with Gasteiger partial charge < -0.3 is 9.64 Å². The van der Waals surface area contributed by atoms with Crippen molar-refractivity contribution in [3.05, 3.63) is 53.4 Å². The number of nitrogens with one attached hydrogen (secondary N) is 1. The van der Waals surface area contributed by atoms with Crippen molar-refractivity contribution in [3.8, 4) is 5.75 Å². The first kappa shape index (κ1) is 23.1. The Balaban J connectivity index is 1.39. The van der Waals surface area contributed by atoms with Crippen LogP contribution >= 0.6 is 0 Å². The molecule has 0 radical (unpaired) electrons. The van der Waals surface area contributed by atoms with Gasteiger partial charge in [0.1, 0.15) is 6.54 Å². The number of ether oxygens (including phenoxy) is 1. The van der Waals surface area contributed by atoms with Crippen molar-refractivity contribution in [2.45, 2.75) is 38.0 Å². The summed E-state index contributed by atoms with van der Waals surface area (Å²) in [7, 11) is -3.57. The Kier molecular flexibility index (Phi) is 6.59. The molecule has 1 aliphatic carbocycles. The summed E-state index contributed by atoms with van der Waals surface area (Å²) in [5.74, 6) is -1.10. The maximum absolute atomic E-state index is 14.1. The highest BCUT2D eigenvalue weighted by molar-refractivity contribution is 7.90. The number of amides is 3. The second kappa shape index (κ2) is 9.42. The maximum atomic E-state index is 14.1. The van der Waals surface area contributed by atoms with Gasteiger partial charge in [0, 0.05) is 6.20 Å². The average molecular weight is 477 g/mol. The van der Waals surface area contributed by atoms with Crippen molar-refractivity contribution in [3.63, 3.8) is 0 Å². The zero-order chi connectivity index (χ0) is 23.6. The molecule has 0 bridgehead atoms. The molecule has 1 aliphatic heterocycles. The van der Waals surface area contributed by atoms with E-state index in [-0.39, 0.29) is 42.0 Å². The Labute approximate surface area is 191 Å². The number of urea groups is 1. The SMILES string of the molecule is C[C@@H](CS(=O)(=O)Cc1cncc(CN2CC(=O)NC2=O)n1)c1ccc(F)c(OCC2CC2)c1. The summed E-state index contributed by atoms with van der Waals surface area (Å²) >= 11 is 0. The van der Waals surface area contributed by atoms with Gasteiger partial charge in [0.2, 0.25) is 5.91 Å². The lowest BCUT2D eigenvalue weighted by Gasteiger charge is -2.15. The monoisotopic (exact) mass is 476 g/mol. The Bertz CT molecular complexity index is 1170. The zero-order valence-electron chi connectivity index (χ0n) is 18.2. The smallest absolute Gasteiger partial charge is 0.324 e. The van der Waals surface area contributed by atoms with Gasteiger partial charge in [-0.25, -0.2) is 17.6 Å². The van der Waals surface area contributed by atoms with E-state index < -0.39 is 27.6 Å². The molecule has 0 unspecified atom stereocenters. The van der Waals surface area contributed by atoms with Crippen molar-refractivity contribution in [2.24, 2.45) is 5.92 Å². The topological polar surface area (TPSA) is 119 Å². The molecule has 11 heteroatoms. The molecule has 1 atom stereocenters. The summed E-state index contributed by atoms with van der Waals surface area (Å²) in [5, 5.41) is 2.17. The minimum atomic E-state index is -3.57. The van der Waals surface area contributed by atoms with Crippen LogP contribution in [0.25, 0.3) is 0 Å². The van der Waals surface area contributed by atoms with Crippen LogP contribution in [0.2, 0.25) is 0 Å². The van der Waals surface area contributed by atoms with Crippen LogP contribution in [0.3, 0.4) is 0 Å². The molecule has 0 spiro atoms. The first-order chi connectivity index (χ1) is 15.7. The van der Waals surface area contributed by atoms with E-state index in [4.69, 9.17) is 4.74 Å². The molecule has 1 saturated carbocycles. The second-order valence-electron chi connectivity index (χ2n) is 8.61. The Morgan fingerprint density at radius 2 is 2.00 bits per heavy atom. The maximum Gasteiger partial charge on any atom is 0.324 e. The lowest BCUT2D eigenvalue weighted by atomic mass is 10.0. The third kappa shape index (κ3) is 6.25. The highest BCUT2D eigenvalue weighted by atomic mass is 32.2. The molecule has 2 fully saturated rings. The number of hydrogen-bond acceptors (Lipinski definition) is 7. The van der Waals surface area contributed by atoms with Crippen molar-refractivity contribution in [2.75, 3.05) is 18.9 Å².